The lowest BCUT2D eigenvalue weighted by Crippen LogP contribution is -2.50. The molecule has 3 saturated heterocycles. The van der Waals surface area contributed by atoms with Crippen LogP contribution in [0, 0.1) is 11.7 Å². The molecule has 9 heteroatoms. The van der Waals surface area contributed by atoms with E-state index in [2.05, 4.69) is 14.3 Å². The van der Waals surface area contributed by atoms with E-state index in [4.69, 9.17) is 9.47 Å². The molecular weight excluding hydrogens is 419 g/mol. The predicted molar refractivity (Wildman–Crippen MR) is 115 cm³/mol. The molecule has 2 aromatic rings. The molecule has 0 radical (unpaired) electrons. The summed E-state index contributed by atoms with van der Waals surface area (Å²) in [6.45, 7) is 4.36. The van der Waals surface area contributed by atoms with Gasteiger partial charge in [0.25, 0.3) is 0 Å². The maximum atomic E-state index is 13.1. The Balaban J connectivity index is 1.12. The third-order valence-electron chi connectivity index (χ3n) is 6.50. The Hall–Kier alpha value is -2.10. The van der Waals surface area contributed by atoms with Crippen LogP contribution in [0.25, 0.3) is 0 Å². The molecule has 0 bridgehead atoms. The number of likely N-dealkylation sites (tertiary alicyclic amines) is 1. The van der Waals surface area contributed by atoms with Crippen LogP contribution in [0.4, 0.5) is 9.52 Å². The highest BCUT2D eigenvalue weighted by atomic mass is 32.1. The molecular formula is C22H27FN4O3S. The number of rotatable bonds is 4. The number of hydrogen-bond acceptors (Lipinski definition) is 7. The van der Waals surface area contributed by atoms with E-state index in [-0.39, 0.29) is 17.6 Å². The van der Waals surface area contributed by atoms with Gasteiger partial charge < -0.3 is 19.3 Å². The van der Waals surface area contributed by atoms with E-state index in [1.165, 1.54) is 23.7 Å². The Kier molecular flexibility index (Phi) is 5.90. The van der Waals surface area contributed by atoms with Crippen molar-refractivity contribution in [3.63, 3.8) is 0 Å². The van der Waals surface area contributed by atoms with Gasteiger partial charge in [-0.05, 0) is 30.5 Å². The number of anilines is 1. The van der Waals surface area contributed by atoms with Crippen LogP contribution < -0.4 is 4.90 Å². The van der Waals surface area contributed by atoms with E-state index in [0.29, 0.717) is 32.7 Å². The van der Waals surface area contributed by atoms with Crippen molar-refractivity contribution in [3.8, 4) is 0 Å². The van der Waals surface area contributed by atoms with E-state index >= 15 is 0 Å². The average molecular weight is 447 g/mol. The van der Waals surface area contributed by atoms with E-state index in [1.54, 1.807) is 12.1 Å². The highest BCUT2D eigenvalue weighted by molar-refractivity contribution is 7.09. The normalized spacial score (nSPS) is 21.7. The number of piperidine rings is 2. The van der Waals surface area contributed by atoms with Gasteiger partial charge in [-0.2, -0.15) is 4.37 Å². The first-order valence-corrected chi connectivity index (χ1v) is 11.8. The van der Waals surface area contributed by atoms with Crippen LogP contribution >= 0.6 is 11.5 Å². The fourth-order valence-corrected chi connectivity index (χ4v) is 5.40. The Morgan fingerprint density at radius 1 is 1.10 bits per heavy atom. The smallest absolute Gasteiger partial charge is 0.225 e. The van der Waals surface area contributed by atoms with Gasteiger partial charge >= 0.3 is 0 Å². The maximum Gasteiger partial charge on any atom is 0.225 e. The number of nitrogens with zero attached hydrogens (tertiary/aromatic N) is 4. The molecule has 0 unspecified atom stereocenters. The molecule has 3 aliphatic rings. The monoisotopic (exact) mass is 446 g/mol. The van der Waals surface area contributed by atoms with Crippen LogP contribution in [-0.2, 0) is 20.7 Å². The first-order valence-electron chi connectivity index (χ1n) is 11.0. The van der Waals surface area contributed by atoms with E-state index in [9.17, 15) is 9.18 Å². The van der Waals surface area contributed by atoms with Crippen LogP contribution in [0.2, 0.25) is 0 Å². The van der Waals surface area contributed by atoms with Crippen molar-refractivity contribution in [1.29, 1.82) is 0 Å². The standard InChI is InChI=1S/C22H27FN4O3S/c23-18-3-1-16(2-4-18)15-19-24-21(31-25-19)27-9-5-17(6-10-27)20(28)26-11-7-22(8-12-26)29-13-14-30-22/h1-4,17H,5-15H2. The largest absolute Gasteiger partial charge is 0.347 e. The number of carbonyl (C=O) groups is 1. The number of hydrogen-bond donors (Lipinski definition) is 0. The zero-order chi connectivity index (χ0) is 21.3. The number of carbonyl (C=O) groups excluding carboxylic acids is 1. The van der Waals surface area contributed by atoms with Gasteiger partial charge in [0.1, 0.15) is 11.6 Å². The first-order chi connectivity index (χ1) is 15.1. The molecule has 31 heavy (non-hydrogen) atoms. The van der Waals surface area contributed by atoms with Crippen molar-refractivity contribution in [2.45, 2.75) is 37.9 Å². The van der Waals surface area contributed by atoms with Crippen LogP contribution in [-0.4, -0.2) is 65.3 Å². The molecule has 1 amide bonds. The second-order valence-corrected chi connectivity index (χ2v) is 9.22. The Morgan fingerprint density at radius 2 is 1.77 bits per heavy atom. The van der Waals surface area contributed by atoms with Gasteiger partial charge in [0, 0.05) is 62.9 Å². The Labute approximate surface area is 185 Å². The van der Waals surface area contributed by atoms with Crippen molar-refractivity contribution in [2.24, 2.45) is 5.92 Å². The summed E-state index contributed by atoms with van der Waals surface area (Å²) in [5.74, 6) is 0.411. The zero-order valence-corrected chi connectivity index (χ0v) is 18.3. The van der Waals surface area contributed by atoms with Crippen molar-refractivity contribution < 1.29 is 18.7 Å². The quantitative estimate of drug-likeness (QED) is 0.720. The summed E-state index contributed by atoms with van der Waals surface area (Å²) in [5, 5.41) is 0.901. The van der Waals surface area contributed by atoms with Crippen molar-refractivity contribution in [1.82, 2.24) is 14.3 Å². The molecule has 3 fully saturated rings. The first kappa shape index (κ1) is 20.8. The number of aromatic nitrogens is 2. The van der Waals surface area contributed by atoms with Gasteiger partial charge in [-0.15, -0.1) is 0 Å². The van der Waals surface area contributed by atoms with Crippen LogP contribution in [0.3, 0.4) is 0 Å². The predicted octanol–water partition coefficient (Wildman–Crippen LogP) is 2.85. The third-order valence-corrected chi connectivity index (χ3v) is 7.31. The molecule has 4 heterocycles. The second-order valence-electron chi connectivity index (χ2n) is 8.49. The lowest BCUT2D eigenvalue weighted by Gasteiger charge is -2.40. The van der Waals surface area contributed by atoms with Gasteiger partial charge in [0.15, 0.2) is 5.79 Å². The van der Waals surface area contributed by atoms with Gasteiger partial charge in [-0.25, -0.2) is 9.37 Å². The van der Waals surface area contributed by atoms with E-state index < -0.39 is 5.79 Å². The summed E-state index contributed by atoms with van der Waals surface area (Å²) >= 11 is 1.39. The van der Waals surface area contributed by atoms with Gasteiger partial charge in [-0.1, -0.05) is 12.1 Å². The molecule has 7 nitrogen and oxygen atoms in total. The number of ether oxygens (including phenoxy) is 2. The fraction of sp³-hybridized carbons (Fsp3) is 0.591. The summed E-state index contributed by atoms with van der Waals surface area (Å²) in [6, 6.07) is 6.45. The molecule has 5 rings (SSSR count). The van der Waals surface area contributed by atoms with Crippen molar-refractivity contribution >= 4 is 22.6 Å². The molecule has 166 valence electrons. The Bertz CT molecular complexity index is 898. The minimum atomic E-state index is -0.441. The second kappa shape index (κ2) is 8.80. The summed E-state index contributed by atoms with van der Waals surface area (Å²) in [6.07, 6.45) is 3.79. The highest BCUT2D eigenvalue weighted by Gasteiger charge is 2.42. The maximum absolute atomic E-state index is 13.1. The molecule has 1 aromatic heterocycles. The number of halogens is 1. The molecule has 0 aliphatic carbocycles. The molecule has 3 aliphatic heterocycles. The summed E-state index contributed by atoms with van der Waals surface area (Å²) in [7, 11) is 0. The summed E-state index contributed by atoms with van der Waals surface area (Å²) < 4.78 is 29.1. The number of benzene rings is 1. The summed E-state index contributed by atoms with van der Waals surface area (Å²) in [5.41, 5.74) is 0.992. The SMILES string of the molecule is O=C(C1CCN(c2nc(Cc3ccc(F)cc3)ns2)CC1)N1CCC2(CC1)OCCO2. The van der Waals surface area contributed by atoms with Gasteiger partial charge in [-0.3, -0.25) is 4.79 Å². The van der Waals surface area contributed by atoms with Crippen molar-refractivity contribution in [3.05, 3.63) is 41.5 Å². The van der Waals surface area contributed by atoms with E-state index in [0.717, 1.165) is 55.3 Å². The topological polar surface area (TPSA) is 67.8 Å². The minimum absolute atomic E-state index is 0.0716. The molecule has 0 saturated carbocycles. The Morgan fingerprint density at radius 3 is 2.45 bits per heavy atom. The molecule has 0 N–H and O–H groups in total. The highest BCUT2D eigenvalue weighted by Crippen LogP contribution is 2.33. The third kappa shape index (κ3) is 4.58. The lowest BCUT2D eigenvalue weighted by atomic mass is 9.94. The van der Waals surface area contributed by atoms with Crippen LogP contribution in [0.1, 0.15) is 37.1 Å². The molecule has 1 spiro atoms. The van der Waals surface area contributed by atoms with E-state index in [1.807, 2.05) is 4.90 Å². The summed E-state index contributed by atoms with van der Waals surface area (Å²) in [4.78, 5) is 21.9. The molecule has 0 atom stereocenters. The zero-order valence-electron chi connectivity index (χ0n) is 17.5. The fourth-order valence-electron chi connectivity index (χ4n) is 4.66. The molecule has 1 aromatic carbocycles. The van der Waals surface area contributed by atoms with Crippen LogP contribution in [0.15, 0.2) is 24.3 Å². The minimum Gasteiger partial charge on any atom is -0.347 e. The lowest BCUT2D eigenvalue weighted by molar-refractivity contribution is -0.188. The van der Waals surface area contributed by atoms with Crippen molar-refractivity contribution in [2.75, 3.05) is 44.3 Å². The number of amides is 1. The van der Waals surface area contributed by atoms with Crippen LogP contribution in [0.5, 0.6) is 0 Å². The average Bonchev–Trinajstić information content (AvgIpc) is 3.46. The van der Waals surface area contributed by atoms with Gasteiger partial charge in [0.05, 0.1) is 13.2 Å². The van der Waals surface area contributed by atoms with Gasteiger partial charge in [0.2, 0.25) is 11.0 Å².